The molecule has 5 heteroatoms. The summed E-state index contributed by atoms with van der Waals surface area (Å²) >= 11 is 0. The van der Waals surface area contributed by atoms with Crippen molar-refractivity contribution in [3.63, 3.8) is 0 Å². The van der Waals surface area contributed by atoms with Crippen molar-refractivity contribution < 1.29 is 9.53 Å². The Hall–Kier alpha value is -1.26. The molecule has 0 saturated heterocycles. The van der Waals surface area contributed by atoms with Gasteiger partial charge in [0.15, 0.2) is 0 Å². The number of nitrogens with one attached hydrogen (secondary N) is 2. The molecule has 2 N–H and O–H groups in total. The predicted octanol–water partition coefficient (Wildman–Crippen LogP) is 3.39. The molecule has 0 radical (unpaired) electrons. The second-order valence-corrected chi connectivity index (χ2v) is 7.29. The first-order chi connectivity index (χ1) is 10.8. The number of hydrogen-bond acceptors (Lipinski definition) is 3. The second-order valence-electron chi connectivity index (χ2n) is 7.29. The van der Waals surface area contributed by atoms with Crippen LogP contribution in [0.25, 0.3) is 0 Å². The summed E-state index contributed by atoms with van der Waals surface area (Å²) in [6.45, 7) is 12.5. The Labute approximate surface area is 153 Å². The average molecular weight is 357 g/mol. The van der Waals surface area contributed by atoms with Crippen LogP contribution in [0, 0.1) is 11.8 Å². The molecule has 0 bridgehead atoms. The van der Waals surface area contributed by atoms with E-state index >= 15 is 0 Å². The Morgan fingerprint density at radius 2 is 1.75 bits per heavy atom. The second kappa shape index (κ2) is 10.6. The highest BCUT2D eigenvalue weighted by Crippen LogP contribution is 2.25. The lowest BCUT2D eigenvalue weighted by atomic mass is 9.84. The van der Waals surface area contributed by atoms with E-state index in [9.17, 15) is 4.79 Å². The van der Waals surface area contributed by atoms with E-state index < -0.39 is 0 Å². The Balaban J connectivity index is 0.00000529. The topological polar surface area (TPSA) is 50.4 Å². The number of benzene rings is 1. The van der Waals surface area contributed by atoms with Crippen molar-refractivity contribution in [2.24, 2.45) is 11.8 Å². The summed E-state index contributed by atoms with van der Waals surface area (Å²) in [5, 5.41) is 6.08. The molecule has 1 atom stereocenters. The Bertz CT molecular complexity index is 487. The highest BCUT2D eigenvalue weighted by Gasteiger charge is 2.22. The van der Waals surface area contributed by atoms with Crippen molar-refractivity contribution >= 4 is 18.3 Å². The number of rotatable bonds is 9. The standard InChI is InChI=1S/C19H32N2O2.ClH/c1-14(2)12-23-17-9-7-16(8-10-17)19(4,5)13-21-18(22)15(3)11-20-6;/h7-10,14-15,20H,11-13H2,1-6H3,(H,21,22);1H. The first kappa shape index (κ1) is 22.7. The van der Waals surface area contributed by atoms with Crippen LogP contribution in [0.4, 0.5) is 0 Å². The van der Waals surface area contributed by atoms with Crippen molar-refractivity contribution in [2.75, 3.05) is 26.7 Å². The highest BCUT2D eigenvalue weighted by molar-refractivity contribution is 5.85. The van der Waals surface area contributed by atoms with Gasteiger partial charge in [-0.25, -0.2) is 0 Å². The molecule has 1 unspecified atom stereocenters. The predicted molar refractivity (Wildman–Crippen MR) is 103 cm³/mol. The molecule has 1 rings (SSSR count). The lowest BCUT2D eigenvalue weighted by Gasteiger charge is -2.26. The highest BCUT2D eigenvalue weighted by atomic mass is 35.5. The quantitative estimate of drug-likeness (QED) is 0.713. The van der Waals surface area contributed by atoms with E-state index in [1.807, 2.05) is 26.1 Å². The van der Waals surface area contributed by atoms with E-state index in [0.29, 0.717) is 19.0 Å². The Morgan fingerprint density at radius 1 is 1.17 bits per heavy atom. The lowest BCUT2D eigenvalue weighted by Crippen LogP contribution is -2.41. The molecule has 0 aliphatic carbocycles. The van der Waals surface area contributed by atoms with Gasteiger partial charge in [-0.2, -0.15) is 0 Å². The summed E-state index contributed by atoms with van der Waals surface area (Å²) in [5.74, 6) is 1.47. The van der Waals surface area contributed by atoms with Crippen molar-refractivity contribution in [3.05, 3.63) is 29.8 Å². The Morgan fingerprint density at radius 3 is 2.25 bits per heavy atom. The van der Waals surface area contributed by atoms with Crippen molar-refractivity contribution in [2.45, 2.75) is 40.0 Å². The summed E-state index contributed by atoms with van der Waals surface area (Å²) in [7, 11) is 1.86. The third kappa shape index (κ3) is 7.54. The van der Waals surface area contributed by atoms with E-state index in [-0.39, 0.29) is 29.6 Å². The van der Waals surface area contributed by atoms with Crippen molar-refractivity contribution in [3.8, 4) is 5.75 Å². The maximum absolute atomic E-state index is 12.0. The van der Waals surface area contributed by atoms with Gasteiger partial charge in [-0.3, -0.25) is 4.79 Å². The number of carbonyl (C=O) groups excluding carboxylic acids is 1. The van der Waals surface area contributed by atoms with Crippen LogP contribution in [0.2, 0.25) is 0 Å². The number of amides is 1. The molecular formula is C19H33ClN2O2. The monoisotopic (exact) mass is 356 g/mol. The van der Waals surface area contributed by atoms with Gasteiger partial charge in [-0.15, -0.1) is 12.4 Å². The molecule has 0 aliphatic heterocycles. The Kier molecular flexibility index (Phi) is 10.0. The molecule has 0 aliphatic rings. The van der Waals surface area contributed by atoms with E-state index in [2.05, 4.69) is 50.5 Å². The van der Waals surface area contributed by atoms with Gasteiger partial charge in [0.25, 0.3) is 0 Å². The van der Waals surface area contributed by atoms with Crippen LogP contribution in [-0.2, 0) is 10.2 Å². The molecule has 0 aromatic heterocycles. The molecule has 1 amide bonds. The molecule has 1 aromatic rings. The van der Waals surface area contributed by atoms with Gasteiger partial charge in [-0.1, -0.05) is 46.8 Å². The molecule has 0 fully saturated rings. The fourth-order valence-electron chi connectivity index (χ4n) is 2.25. The largest absolute Gasteiger partial charge is 0.493 e. The van der Waals surface area contributed by atoms with Gasteiger partial charge in [0, 0.05) is 24.4 Å². The van der Waals surface area contributed by atoms with Gasteiger partial charge in [0.2, 0.25) is 5.91 Å². The molecule has 24 heavy (non-hydrogen) atoms. The van der Waals surface area contributed by atoms with E-state index in [1.165, 1.54) is 5.56 Å². The molecule has 0 heterocycles. The molecular weight excluding hydrogens is 324 g/mol. The zero-order valence-corrected chi connectivity index (χ0v) is 16.6. The minimum Gasteiger partial charge on any atom is -0.493 e. The first-order valence-electron chi connectivity index (χ1n) is 8.42. The fraction of sp³-hybridized carbons (Fsp3) is 0.632. The summed E-state index contributed by atoms with van der Waals surface area (Å²) in [4.78, 5) is 12.0. The van der Waals surface area contributed by atoms with Crippen LogP contribution >= 0.6 is 12.4 Å². The maximum Gasteiger partial charge on any atom is 0.224 e. The summed E-state index contributed by atoms with van der Waals surface area (Å²) in [6.07, 6.45) is 0. The van der Waals surface area contributed by atoms with Gasteiger partial charge >= 0.3 is 0 Å². The van der Waals surface area contributed by atoms with Crippen molar-refractivity contribution in [1.82, 2.24) is 10.6 Å². The summed E-state index contributed by atoms with van der Waals surface area (Å²) < 4.78 is 5.71. The molecule has 0 saturated carbocycles. The average Bonchev–Trinajstić information content (AvgIpc) is 2.51. The smallest absolute Gasteiger partial charge is 0.224 e. The number of carbonyl (C=O) groups is 1. The zero-order valence-electron chi connectivity index (χ0n) is 15.8. The van der Waals surface area contributed by atoms with Crippen LogP contribution in [-0.4, -0.2) is 32.7 Å². The number of hydrogen-bond donors (Lipinski definition) is 2. The van der Waals surface area contributed by atoms with Crippen molar-refractivity contribution in [1.29, 1.82) is 0 Å². The van der Waals surface area contributed by atoms with Gasteiger partial charge in [0.05, 0.1) is 6.61 Å². The van der Waals surface area contributed by atoms with Gasteiger partial charge < -0.3 is 15.4 Å². The van der Waals surface area contributed by atoms with Gasteiger partial charge in [-0.05, 0) is 30.7 Å². The SMILES string of the molecule is CNCC(C)C(=O)NCC(C)(C)c1ccc(OCC(C)C)cc1.Cl. The summed E-state index contributed by atoms with van der Waals surface area (Å²) in [5.41, 5.74) is 1.07. The minimum atomic E-state index is -0.119. The molecule has 4 nitrogen and oxygen atoms in total. The minimum absolute atomic E-state index is 0. The van der Waals surface area contributed by atoms with Crippen LogP contribution < -0.4 is 15.4 Å². The van der Waals surface area contributed by atoms with Crippen LogP contribution in [0.15, 0.2) is 24.3 Å². The molecule has 0 spiro atoms. The van der Waals surface area contributed by atoms with Gasteiger partial charge in [0.1, 0.15) is 5.75 Å². The number of ether oxygens (including phenoxy) is 1. The van der Waals surface area contributed by atoms with E-state index in [4.69, 9.17) is 4.74 Å². The molecule has 1 aromatic carbocycles. The van der Waals surface area contributed by atoms with E-state index in [0.717, 1.165) is 12.4 Å². The van der Waals surface area contributed by atoms with Crippen LogP contribution in [0.3, 0.4) is 0 Å². The fourth-order valence-corrected chi connectivity index (χ4v) is 2.25. The lowest BCUT2D eigenvalue weighted by molar-refractivity contribution is -0.124. The zero-order chi connectivity index (χ0) is 17.5. The normalized spacial score (nSPS) is 12.5. The third-order valence-electron chi connectivity index (χ3n) is 3.88. The third-order valence-corrected chi connectivity index (χ3v) is 3.88. The molecule has 138 valence electrons. The first-order valence-corrected chi connectivity index (χ1v) is 8.42. The maximum atomic E-state index is 12.0. The van der Waals surface area contributed by atoms with Crippen LogP contribution in [0.1, 0.15) is 40.2 Å². The number of halogens is 1. The van der Waals surface area contributed by atoms with Crippen LogP contribution in [0.5, 0.6) is 5.75 Å². The summed E-state index contributed by atoms with van der Waals surface area (Å²) in [6, 6.07) is 8.17. The van der Waals surface area contributed by atoms with E-state index in [1.54, 1.807) is 0 Å².